The minimum absolute atomic E-state index is 0. The highest BCUT2D eigenvalue weighted by molar-refractivity contribution is 4.82. The minimum atomic E-state index is 0. The maximum atomic E-state index is 2.46. The summed E-state index contributed by atoms with van der Waals surface area (Å²) in [6.45, 7) is 4.91. The van der Waals surface area contributed by atoms with Crippen molar-refractivity contribution in [2.75, 3.05) is 0 Å². The van der Waals surface area contributed by atoms with Gasteiger partial charge in [0.1, 0.15) is 0 Å². The molecule has 0 unspecified atom stereocenters. The molecule has 0 amide bonds. The average Bonchev–Trinajstić information content (AvgIpc) is 2.56. The van der Waals surface area contributed by atoms with E-state index in [-0.39, 0.29) is 15.8 Å². The zero-order chi connectivity index (χ0) is 15.4. The van der Waals surface area contributed by atoms with Gasteiger partial charge < -0.3 is 5.48 Å². The van der Waals surface area contributed by atoms with E-state index in [4.69, 9.17) is 0 Å². The topological polar surface area (TPSA) is 31.5 Å². The van der Waals surface area contributed by atoms with Crippen molar-refractivity contribution in [1.82, 2.24) is 0 Å². The van der Waals surface area contributed by atoms with Crippen LogP contribution in [0.15, 0.2) is 0 Å². The quantitative estimate of drug-likeness (QED) is 0.505. The molecule has 0 aromatic rings. The molecule has 0 spiro atoms. The van der Waals surface area contributed by atoms with Crippen molar-refractivity contribution in [2.24, 2.45) is 35.5 Å². The molecule has 3 aliphatic carbocycles. The third kappa shape index (κ3) is 6.36. The Bertz CT molecular complexity index is 312. The highest BCUT2D eigenvalue weighted by Crippen LogP contribution is 2.43. The molecule has 148 valence electrons. The largest absolute Gasteiger partial charge is 0.412 e. The van der Waals surface area contributed by atoms with Crippen LogP contribution in [0.25, 0.3) is 0 Å². The third-order valence-electron chi connectivity index (χ3n) is 7.74. The number of hydrogen-bond acceptors (Lipinski definition) is 0. The SMILES string of the molecule is C.CC1CCC(CCC2CCC(C3CCC(C)CC3)CC2)CC1.O.[HH].[HH]. The summed E-state index contributed by atoms with van der Waals surface area (Å²) in [5.74, 6) is 6.44. The first-order chi connectivity index (χ1) is 10.7. The summed E-state index contributed by atoms with van der Waals surface area (Å²) in [6.07, 6.45) is 21.7. The summed E-state index contributed by atoms with van der Waals surface area (Å²) in [6, 6.07) is 0. The lowest BCUT2D eigenvalue weighted by molar-refractivity contribution is 0.142. The number of hydrogen-bond donors (Lipinski definition) is 0. The van der Waals surface area contributed by atoms with E-state index in [1.807, 2.05) is 0 Å². The molecule has 0 aromatic heterocycles. The lowest BCUT2D eigenvalue weighted by Gasteiger charge is -2.37. The fourth-order valence-electron chi connectivity index (χ4n) is 5.79. The first-order valence-electron chi connectivity index (χ1n) is 10.7. The zero-order valence-electron chi connectivity index (χ0n) is 15.9. The zero-order valence-corrected chi connectivity index (χ0v) is 15.9. The normalized spacial score (nSPS) is 40.2. The molecule has 3 rings (SSSR count). The predicted octanol–water partition coefficient (Wildman–Crippen LogP) is 7.53. The van der Waals surface area contributed by atoms with Crippen LogP contribution in [0.4, 0.5) is 0 Å². The molecular formula is C23H50O. The monoisotopic (exact) mass is 342 g/mol. The van der Waals surface area contributed by atoms with Crippen molar-refractivity contribution >= 4 is 0 Å². The molecule has 24 heavy (non-hydrogen) atoms. The van der Waals surface area contributed by atoms with Crippen LogP contribution in [-0.4, -0.2) is 5.48 Å². The maximum Gasteiger partial charge on any atom is 0 e. The van der Waals surface area contributed by atoms with E-state index in [1.165, 1.54) is 38.5 Å². The molecule has 1 heteroatoms. The van der Waals surface area contributed by atoms with Gasteiger partial charge in [0.25, 0.3) is 0 Å². The fourth-order valence-corrected chi connectivity index (χ4v) is 5.79. The van der Waals surface area contributed by atoms with Crippen LogP contribution < -0.4 is 0 Å². The lowest BCUT2D eigenvalue weighted by Crippen LogP contribution is -2.25. The van der Waals surface area contributed by atoms with Gasteiger partial charge in [-0.3, -0.25) is 0 Å². The molecule has 0 bridgehead atoms. The molecule has 3 fully saturated rings. The van der Waals surface area contributed by atoms with Crippen LogP contribution in [0.5, 0.6) is 0 Å². The van der Waals surface area contributed by atoms with Crippen LogP contribution in [0.3, 0.4) is 0 Å². The summed E-state index contributed by atoms with van der Waals surface area (Å²) in [5.41, 5.74) is 0. The summed E-state index contributed by atoms with van der Waals surface area (Å²) in [5, 5.41) is 0. The van der Waals surface area contributed by atoms with Crippen LogP contribution >= 0.6 is 0 Å². The Morgan fingerprint density at radius 1 is 0.542 bits per heavy atom. The van der Waals surface area contributed by atoms with Crippen molar-refractivity contribution < 1.29 is 8.33 Å². The fraction of sp³-hybridized carbons (Fsp3) is 1.00. The Labute approximate surface area is 155 Å². The molecular weight excluding hydrogens is 292 g/mol. The molecule has 0 radical (unpaired) electrons. The van der Waals surface area contributed by atoms with Gasteiger partial charge in [-0.05, 0) is 61.2 Å². The van der Waals surface area contributed by atoms with E-state index < -0.39 is 0 Å². The van der Waals surface area contributed by atoms with Crippen LogP contribution in [0, 0.1) is 35.5 Å². The molecule has 3 aliphatic rings. The summed E-state index contributed by atoms with van der Waals surface area (Å²) in [4.78, 5) is 0. The van der Waals surface area contributed by atoms with Gasteiger partial charge in [0.15, 0.2) is 0 Å². The van der Waals surface area contributed by atoms with Crippen molar-refractivity contribution in [3.05, 3.63) is 0 Å². The van der Waals surface area contributed by atoms with Gasteiger partial charge in [0, 0.05) is 2.85 Å². The standard InChI is InChI=1S/C22H40.CH4.H2O.2H2/c1-17-3-7-19(8-4-17)9-10-20-11-15-22(16-12-20)21-13-5-18(2)6-14-21;;;;/h17-22H,3-16H2,1-2H3;1H4;1H2;2*1H. The average molecular weight is 343 g/mol. The maximum absolute atomic E-state index is 2.46. The summed E-state index contributed by atoms with van der Waals surface area (Å²) >= 11 is 0. The first-order valence-corrected chi connectivity index (χ1v) is 10.7. The van der Waals surface area contributed by atoms with Gasteiger partial charge in [-0.25, -0.2) is 0 Å². The van der Waals surface area contributed by atoms with Crippen molar-refractivity contribution in [2.45, 2.75) is 111 Å². The Balaban J connectivity index is 0. The van der Waals surface area contributed by atoms with E-state index in [0.717, 1.165) is 35.5 Å². The van der Waals surface area contributed by atoms with Gasteiger partial charge in [-0.2, -0.15) is 0 Å². The molecule has 0 aromatic carbocycles. The molecule has 0 atom stereocenters. The third-order valence-corrected chi connectivity index (χ3v) is 7.74. The predicted molar refractivity (Wildman–Crippen MR) is 111 cm³/mol. The van der Waals surface area contributed by atoms with Gasteiger partial charge in [0.2, 0.25) is 0 Å². The summed E-state index contributed by atoms with van der Waals surface area (Å²) < 4.78 is 0. The van der Waals surface area contributed by atoms with E-state index in [1.54, 1.807) is 51.4 Å². The second kappa shape index (κ2) is 10.8. The lowest BCUT2D eigenvalue weighted by atomic mass is 9.68. The van der Waals surface area contributed by atoms with Gasteiger partial charge >= 0.3 is 0 Å². The van der Waals surface area contributed by atoms with E-state index >= 15 is 0 Å². The first kappa shape index (κ1) is 22.0. The molecule has 0 heterocycles. The second-order valence-corrected chi connectivity index (χ2v) is 9.50. The molecule has 2 N–H and O–H groups in total. The van der Waals surface area contributed by atoms with E-state index in [0.29, 0.717) is 0 Å². The molecule has 3 saturated carbocycles. The molecule has 0 saturated heterocycles. The van der Waals surface area contributed by atoms with Crippen molar-refractivity contribution in [1.29, 1.82) is 0 Å². The minimum Gasteiger partial charge on any atom is -0.412 e. The van der Waals surface area contributed by atoms with Crippen LogP contribution in [-0.2, 0) is 0 Å². The van der Waals surface area contributed by atoms with Gasteiger partial charge in [-0.15, -0.1) is 0 Å². The van der Waals surface area contributed by atoms with Crippen molar-refractivity contribution in [3.63, 3.8) is 0 Å². The van der Waals surface area contributed by atoms with Crippen LogP contribution in [0.1, 0.15) is 114 Å². The number of rotatable bonds is 4. The Morgan fingerprint density at radius 2 is 0.833 bits per heavy atom. The molecule has 1 nitrogen and oxygen atoms in total. The Hall–Kier alpha value is -0.0400. The van der Waals surface area contributed by atoms with E-state index in [9.17, 15) is 0 Å². The van der Waals surface area contributed by atoms with Gasteiger partial charge in [-0.1, -0.05) is 85.5 Å². The Kier molecular flexibility index (Phi) is 9.94. The Morgan fingerprint density at radius 3 is 1.25 bits per heavy atom. The summed E-state index contributed by atoms with van der Waals surface area (Å²) in [7, 11) is 0. The smallest absolute Gasteiger partial charge is 0 e. The highest BCUT2D eigenvalue weighted by Gasteiger charge is 2.30. The molecule has 0 aliphatic heterocycles. The van der Waals surface area contributed by atoms with Crippen LogP contribution in [0.2, 0.25) is 0 Å². The van der Waals surface area contributed by atoms with Crippen molar-refractivity contribution in [3.8, 4) is 0 Å². The highest BCUT2D eigenvalue weighted by atomic mass is 16.0. The second-order valence-electron chi connectivity index (χ2n) is 9.50. The van der Waals surface area contributed by atoms with E-state index in [2.05, 4.69) is 13.8 Å². The van der Waals surface area contributed by atoms with Gasteiger partial charge in [0.05, 0.1) is 0 Å².